The number of carbonyl (C=O) groups excluding carboxylic acids is 1. The quantitative estimate of drug-likeness (QED) is 0.671. The number of hydrogen-bond acceptors (Lipinski definition) is 2. The molecule has 3 nitrogen and oxygen atoms in total. The maximum atomic E-state index is 12.8. The summed E-state index contributed by atoms with van der Waals surface area (Å²) in [6.07, 6.45) is 5.33. The fourth-order valence-electron chi connectivity index (χ4n) is 4.54. The van der Waals surface area contributed by atoms with Crippen molar-refractivity contribution >= 4 is 29.1 Å². The summed E-state index contributed by atoms with van der Waals surface area (Å²) in [4.78, 5) is 15.2. The van der Waals surface area contributed by atoms with Crippen LogP contribution in [0, 0.1) is 5.92 Å². The third-order valence-corrected chi connectivity index (χ3v) is 7.09. The highest BCUT2D eigenvalue weighted by Gasteiger charge is 2.27. The zero-order valence-electron chi connectivity index (χ0n) is 16.9. The second-order valence-corrected chi connectivity index (χ2v) is 9.18. The Kier molecular flexibility index (Phi) is 6.48. The second-order valence-electron chi connectivity index (χ2n) is 8.36. The fraction of sp³-hybridized carbons (Fsp3) is 0.458. The number of rotatable bonds is 5. The van der Waals surface area contributed by atoms with Gasteiger partial charge in [0.1, 0.15) is 0 Å². The first-order valence-electron chi connectivity index (χ1n) is 10.6. The number of benzene rings is 2. The molecule has 1 aliphatic heterocycles. The van der Waals surface area contributed by atoms with E-state index in [1.165, 1.54) is 29.5 Å². The van der Waals surface area contributed by atoms with Gasteiger partial charge in [-0.3, -0.25) is 9.69 Å². The molecule has 1 aliphatic carbocycles. The molecule has 0 saturated carbocycles. The molecule has 4 rings (SSSR count). The van der Waals surface area contributed by atoms with Gasteiger partial charge in [-0.2, -0.15) is 0 Å². The topological polar surface area (TPSA) is 32.3 Å². The molecule has 1 atom stereocenters. The van der Waals surface area contributed by atoms with Gasteiger partial charge in [0.25, 0.3) is 0 Å². The van der Waals surface area contributed by atoms with Crippen LogP contribution in [-0.4, -0.2) is 23.9 Å². The molecule has 2 aromatic carbocycles. The lowest BCUT2D eigenvalue weighted by atomic mass is 9.94. The van der Waals surface area contributed by atoms with Gasteiger partial charge in [-0.15, -0.1) is 0 Å². The van der Waals surface area contributed by atoms with Crippen molar-refractivity contribution in [3.8, 4) is 0 Å². The lowest BCUT2D eigenvalue weighted by molar-refractivity contribution is -0.127. The number of aryl methyl sites for hydroxylation is 2. The fourth-order valence-corrected chi connectivity index (χ4v) is 5.05. The van der Waals surface area contributed by atoms with Gasteiger partial charge in [0.2, 0.25) is 5.91 Å². The second kappa shape index (κ2) is 9.07. The van der Waals surface area contributed by atoms with Gasteiger partial charge in [-0.25, -0.2) is 0 Å². The predicted octanol–water partition coefficient (Wildman–Crippen LogP) is 5.57. The summed E-state index contributed by atoms with van der Waals surface area (Å²) in [5, 5.41) is 4.66. The van der Waals surface area contributed by atoms with Crippen LogP contribution in [0.25, 0.3) is 0 Å². The summed E-state index contributed by atoms with van der Waals surface area (Å²) in [5.74, 6) is 0.248. The predicted molar refractivity (Wildman–Crippen MR) is 119 cm³/mol. The van der Waals surface area contributed by atoms with Crippen molar-refractivity contribution in [3.63, 3.8) is 0 Å². The first kappa shape index (κ1) is 20.7. The van der Waals surface area contributed by atoms with E-state index in [1.54, 1.807) is 0 Å². The van der Waals surface area contributed by atoms with E-state index in [-0.39, 0.29) is 17.9 Å². The molecule has 2 aromatic rings. The van der Waals surface area contributed by atoms with Gasteiger partial charge in [0.05, 0.1) is 6.04 Å². The van der Waals surface area contributed by atoms with E-state index in [2.05, 4.69) is 35.3 Å². The molecule has 1 heterocycles. The molecule has 1 fully saturated rings. The highest BCUT2D eigenvalue weighted by Crippen LogP contribution is 2.29. The van der Waals surface area contributed by atoms with Crippen molar-refractivity contribution in [1.82, 2.24) is 10.2 Å². The van der Waals surface area contributed by atoms with Crippen molar-refractivity contribution in [2.75, 3.05) is 13.1 Å². The first-order chi connectivity index (χ1) is 14.0. The first-order valence-corrected chi connectivity index (χ1v) is 11.3. The van der Waals surface area contributed by atoms with Gasteiger partial charge < -0.3 is 5.32 Å². The minimum absolute atomic E-state index is 0.0494. The molecule has 0 radical (unpaired) electrons. The Hall–Kier alpha value is -1.55. The zero-order valence-corrected chi connectivity index (χ0v) is 18.4. The molecule has 2 aliphatic rings. The lowest BCUT2D eigenvalue weighted by Crippen LogP contribution is -2.41. The van der Waals surface area contributed by atoms with Gasteiger partial charge in [0.15, 0.2) is 0 Å². The van der Waals surface area contributed by atoms with Crippen LogP contribution in [0.15, 0.2) is 36.4 Å². The maximum Gasteiger partial charge on any atom is 0.223 e. The number of nitrogens with one attached hydrogen (secondary N) is 1. The lowest BCUT2D eigenvalue weighted by Gasteiger charge is -2.32. The molecule has 0 bridgehead atoms. The summed E-state index contributed by atoms with van der Waals surface area (Å²) >= 11 is 12.6. The van der Waals surface area contributed by atoms with Crippen LogP contribution in [0.4, 0.5) is 0 Å². The van der Waals surface area contributed by atoms with Crippen molar-refractivity contribution in [1.29, 1.82) is 0 Å². The Labute approximate surface area is 183 Å². The van der Waals surface area contributed by atoms with Gasteiger partial charge in [-0.1, -0.05) is 47.5 Å². The van der Waals surface area contributed by atoms with E-state index in [4.69, 9.17) is 23.2 Å². The normalized spacial score (nSPS) is 18.4. The zero-order chi connectivity index (χ0) is 20.4. The standard InChI is InChI=1S/C24H28Cl2N2O/c1-16(19-9-8-17-4-2-5-20(17)14-19)27-24(29)18-10-12-28(13-11-18)15-21-22(25)6-3-7-23(21)26/h3,6-9,14,16,18H,2,4-5,10-13,15H2,1H3,(H,27,29)/t16-/m1/s1. The smallest absolute Gasteiger partial charge is 0.223 e. The van der Waals surface area contributed by atoms with E-state index in [0.717, 1.165) is 44.5 Å². The van der Waals surface area contributed by atoms with Crippen LogP contribution in [-0.2, 0) is 24.2 Å². The number of carbonyl (C=O) groups is 1. The van der Waals surface area contributed by atoms with Crippen LogP contribution in [0.1, 0.15) is 54.5 Å². The number of piperidine rings is 1. The van der Waals surface area contributed by atoms with Crippen LogP contribution in [0.5, 0.6) is 0 Å². The van der Waals surface area contributed by atoms with Gasteiger partial charge >= 0.3 is 0 Å². The summed E-state index contributed by atoms with van der Waals surface area (Å²) in [6, 6.07) is 12.4. The van der Waals surface area contributed by atoms with Gasteiger partial charge in [-0.05, 0) is 80.9 Å². The number of halogens is 2. The van der Waals surface area contributed by atoms with Crippen LogP contribution in [0.2, 0.25) is 10.0 Å². The summed E-state index contributed by atoms with van der Waals surface area (Å²) in [7, 11) is 0. The Morgan fingerprint density at radius 3 is 2.52 bits per heavy atom. The van der Waals surface area contributed by atoms with E-state index in [9.17, 15) is 4.79 Å². The Morgan fingerprint density at radius 1 is 1.10 bits per heavy atom. The Morgan fingerprint density at radius 2 is 1.79 bits per heavy atom. The van der Waals surface area contributed by atoms with Crippen molar-refractivity contribution in [3.05, 3.63) is 68.7 Å². The number of hydrogen-bond donors (Lipinski definition) is 1. The molecule has 5 heteroatoms. The Balaban J connectivity index is 1.30. The number of amides is 1. The molecular weight excluding hydrogens is 403 g/mol. The average molecular weight is 431 g/mol. The molecule has 1 saturated heterocycles. The number of nitrogens with zero attached hydrogens (tertiary/aromatic N) is 1. The largest absolute Gasteiger partial charge is 0.349 e. The molecule has 29 heavy (non-hydrogen) atoms. The van der Waals surface area contributed by atoms with Crippen molar-refractivity contribution in [2.24, 2.45) is 5.92 Å². The molecule has 1 N–H and O–H groups in total. The molecule has 1 amide bonds. The monoisotopic (exact) mass is 430 g/mol. The van der Waals surface area contributed by atoms with E-state index in [0.29, 0.717) is 10.0 Å². The Bertz CT molecular complexity index is 870. The number of likely N-dealkylation sites (tertiary alicyclic amines) is 1. The van der Waals surface area contributed by atoms with Crippen molar-refractivity contribution in [2.45, 2.75) is 51.6 Å². The average Bonchev–Trinajstić information content (AvgIpc) is 3.19. The highest BCUT2D eigenvalue weighted by atomic mass is 35.5. The van der Waals surface area contributed by atoms with Crippen molar-refractivity contribution < 1.29 is 4.79 Å². The third-order valence-electron chi connectivity index (χ3n) is 6.38. The summed E-state index contributed by atoms with van der Waals surface area (Å²) in [5.41, 5.74) is 5.11. The maximum absolute atomic E-state index is 12.8. The molecule has 0 unspecified atom stereocenters. The van der Waals surface area contributed by atoms with E-state index >= 15 is 0 Å². The van der Waals surface area contributed by atoms with Crippen LogP contribution >= 0.6 is 23.2 Å². The highest BCUT2D eigenvalue weighted by molar-refractivity contribution is 6.35. The van der Waals surface area contributed by atoms with E-state index < -0.39 is 0 Å². The van der Waals surface area contributed by atoms with E-state index in [1.807, 2.05) is 18.2 Å². The minimum Gasteiger partial charge on any atom is -0.349 e. The minimum atomic E-state index is 0.0494. The molecule has 0 spiro atoms. The molecule has 0 aromatic heterocycles. The molecule has 154 valence electrons. The number of fused-ring (bicyclic) bond motifs is 1. The van der Waals surface area contributed by atoms with Gasteiger partial charge in [0, 0.05) is 28.1 Å². The van der Waals surface area contributed by atoms with Crippen LogP contribution < -0.4 is 5.32 Å². The molecular formula is C24H28Cl2N2O. The summed E-state index contributed by atoms with van der Waals surface area (Å²) in [6.45, 7) is 4.58. The third kappa shape index (κ3) is 4.79. The summed E-state index contributed by atoms with van der Waals surface area (Å²) < 4.78 is 0. The van der Waals surface area contributed by atoms with Crippen LogP contribution in [0.3, 0.4) is 0 Å². The SMILES string of the molecule is C[C@@H](NC(=O)C1CCN(Cc2c(Cl)cccc2Cl)CC1)c1ccc2c(c1)CCC2.